The van der Waals surface area contributed by atoms with Gasteiger partial charge in [-0.2, -0.15) is 10.1 Å². The zero-order chi connectivity index (χ0) is 17.3. The summed E-state index contributed by atoms with van der Waals surface area (Å²) in [5.41, 5.74) is 0.759. The van der Waals surface area contributed by atoms with Crippen LogP contribution in [0.25, 0.3) is 0 Å². The number of hydrogen-bond donors (Lipinski definition) is 0. The number of nitrogens with zero attached hydrogens (tertiary/aromatic N) is 3. The maximum absolute atomic E-state index is 12.7. The van der Waals surface area contributed by atoms with Gasteiger partial charge in [0.25, 0.3) is 17.5 Å². The fourth-order valence-electron chi connectivity index (χ4n) is 4.98. The first-order valence-electron chi connectivity index (χ1n) is 8.37. The van der Waals surface area contributed by atoms with Crippen LogP contribution in [-0.2, 0) is 9.59 Å². The van der Waals surface area contributed by atoms with Crippen LogP contribution in [0.2, 0.25) is 0 Å². The van der Waals surface area contributed by atoms with E-state index in [4.69, 9.17) is 0 Å². The zero-order valence-corrected chi connectivity index (χ0v) is 13.2. The molecule has 1 spiro atoms. The largest absolute Gasteiger partial charge is 0.272 e. The first-order valence-corrected chi connectivity index (χ1v) is 8.37. The summed E-state index contributed by atoms with van der Waals surface area (Å²) in [5, 5.41) is 15.8. The Morgan fingerprint density at radius 3 is 2.12 bits per heavy atom. The second kappa shape index (κ2) is 4.62. The number of nitro groups is 1. The number of non-ortho nitro benzene ring substituents is 1. The number of amides is 2. The van der Waals surface area contributed by atoms with Crippen molar-refractivity contribution in [3.8, 4) is 0 Å². The van der Waals surface area contributed by atoms with Crippen molar-refractivity contribution in [1.82, 2.24) is 5.01 Å². The Balaban J connectivity index is 1.39. The van der Waals surface area contributed by atoms with Crippen LogP contribution in [0.5, 0.6) is 0 Å². The highest BCUT2D eigenvalue weighted by molar-refractivity contribution is 6.07. The molecule has 3 fully saturated rings. The van der Waals surface area contributed by atoms with E-state index in [0.717, 1.165) is 17.9 Å². The third kappa shape index (κ3) is 1.78. The van der Waals surface area contributed by atoms with Crippen LogP contribution >= 0.6 is 0 Å². The van der Waals surface area contributed by atoms with E-state index in [2.05, 4.69) is 17.3 Å². The Bertz CT molecular complexity index is 835. The molecule has 0 N–H and O–H groups in total. The van der Waals surface area contributed by atoms with Gasteiger partial charge in [0.2, 0.25) is 0 Å². The molecule has 1 aliphatic heterocycles. The van der Waals surface area contributed by atoms with Gasteiger partial charge in [-0.25, -0.2) is 0 Å². The van der Waals surface area contributed by atoms with Crippen LogP contribution in [0.15, 0.2) is 41.5 Å². The summed E-state index contributed by atoms with van der Waals surface area (Å²) >= 11 is 0. The highest BCUT2D eigenvalue weighted by atomic mass is 16.6. The average molecular weight is 337 g/mol. The molecule has 25 heavy (non-hydrogen) atoms. The number of carbonyl (C=O) groups excluding carboxylic acids is 2. The molecule has 2 saturated carbocycles. The Kier molecular flexibility index (Phi) is 2.68. The number of imide groups is 1. The highest BCUT2D eigenvalue weighted by Crippen LogP contribution is 2.73. The molecular formula is C18H15N3O4. The highest BCUT2D eigenvalue weighted by Gasteiger charge is 2.73. The Labute approximate surface area is 143 Å². The summed E-state index contributed by atoms with van der Waals surface area (Å²) in [4.78, 5) is 35.7. The normalized spacial score (nSPS) is 33.7. The predicted octanol–water partition coefficient (Wildman–Crippen LogP) is 2.13. The summed E-state index contributed by atoms with van der Waals surface area (Å²) in [6.07, 6.45) is 7.85. The van der Waals surface area contributed by atoms with Crippen LogP contribution in [0.4, 0.5) is 5.69 Å². The first kappa shape index (κ1) is 14.5. The Morgan fingerprint density at radius 1 is 1.08 bits per heavy atom. The molecule has 126 valence electrons. The van der Waals surface area contributed by atoms with E-state index in [-0.39, 0.29) is 46.6 Å². The molecule has 0 unspecified atom stereocenters. The Morgan fingerprint density at radius 2 is 1.64 bits per heavy atom. The lowest BCUT2D eigenvalue weighted by atomic mass is 9.85. The van der Waals surface area contributed by atoms with E-state index in [1.165, 1.54) is 30.5 Å². The number of rotatable bonds is 3. The number of nitro benzene ring substituents is 1. The minimum atomic E-state index is -0.480. The molecule has 2 bridgehead atoms. The molecule has 3 aliphatic carbocycles. The molecule has 5 rings (SSSR count). The minimum absolute atomic E-state index is 0.0163. The lowest BCUT2D eigenvalue weighted by Crippen LogP contribution is -2.30. The summed E-state index contributed by atoms with van der Waals surface area (Å²) < 4.78 is 0. The maximum atomic E-state index is 12.7. The van der Waals surface area contributed by atoms with Crippen molar-refractivity contribution in [2.24, 2.45) is 34.2 Å². The molecular weight excluding hydrogens is 322 g/mol. The van der Waals surface area contributed by atoms with E-state index < -0.39 is 4.92 Å². The molecule has 4 atom stereocenters. The second-order valence-electron chi connectivity index (χ2n) is 7.30. The van der Waals surface area contributed by atoms with E-state index in [1.54, 1.807) is 0 Å². The molecule has 1 saturated heterocycles. The number of hydrogen-bond acceptors (Lipinski definition) is 5. The lowest BCUT2D eigenvalue weighted by Gasteiger charge is -2.18. The fourth-order valence-corrected chi connectivity index (χ4v) is 4.98. The fraction of sp³-hybridized carbons (Fsp3) is 0.389. The van der Waals surface area contributed by atoms with Crippen LogP contribution in [-0.4, -0.2) is 28.0 Å². The van der Waals surface area contributed by atoms with Crippen molar-refractivity contribution in [3.05, 3.63) is 52.1 Å². The molecule has 0 radical (unpaired) electrons. The van der Waals surface area contributed by atoms with Crippen molar-refractivity contribution in [3.63, 3.8) is 0 Å². The number of fused-ring (bicyclic) bond motifs is 3. The molecule has 4 aliphatic rings. The molecule has 2 amide bonds. The number of benzene rings is 1. The van der Waals surface area contributed by atoms with Gasteiger partial charge in [0.05, 0.1) is 23.0 Å². The summed E-state index contributed by atoms with van der Waals surface area (Å²) in [6.45, 7) is 0. The van der Waals surface area contributed by atoms with Gasteiger partial charge < -0.3 is 0 Å². The number of hydrazone groups is 1. The van der Waals surface area contributed by atoms with E-state index in [0.29, 0.717) is 5.56 Å². The van der Waals surface area contributed by atoms with E-state index >= 15 is 0 Å². The second-order valence-corrected chi connectivity index (χ2v) is 7.30. The quantitative estimate of drug-likeness (QED) is 0.278. The van der Waals surface area contributed by atoms with Crippen LogP contribution in [0, 0.1) is 39.2 Å². The molecule has 0 aromatic heterocycles. The minimum Gasteiger partial charge on any atom is -0.272 e. The number of allylic oxidation sites excluding steroid dienone is 2. The van der Waals surface area contributed by atoms with Gasteiger partial charge in [0.15, 0.2) is 0 Å². The molecule has 1 aromatic carbocycles. The first-order chi connectivity index (χ1) is 12.0. The van der Waals surface area contributed by atoms with Gasteiger partial charge in [0, 0.05) is 12.1 Å². The standard InChI is InChI=1S/C18H15N3O4/c22-16-14-12-5-6-13(18(12)7-8-18)15(14)17(23)20(16)19-9-10-1-3-11(4-2-10)21(24)25/h1-6,9,12-15H,7-8H2/b19-9-/t12-,13-,14+,15+/m1/s1. The summed E-state index contributed by atoms with van der Waals surface area (Å²) in [6, 6.07) is 5.81. The van der Waals surface area contributed by atoms with Crippen molar-refractivity contribution in [2.45, 2.75) is 12.8 Å². The smallest absolute Gasteiger partial charge is 0.269 e. The van der Waals surface area contributed by atoms with Crippen LogP contribution < -0.4 is 0 Å². The van der Waals surface area contributed by atoms with E-state index in [1.807, 2.05) is 0 Å². The molecule has 7 heteroatoms. The van der Waals surface area contributed by atoms with Crippen LogP contribution in [0.1, 0.15) is 18.4 Å². The van der Waals surface area contributed by atoms with Gasteiger partial charge in [0.1, 0.15) is 0 Å². The topological polar surface area (TPSA) is 92.9 Å². The van der Waals surface area contributed by atoms with Crippen molar-refractivity contribution in [1.29, 1.82) is 0 Å². The summed E-state index contributed by atoms with van der Waals surface area (Å²) in [5.74, 6) is -0.595. The third-order valence-corrected chi connectivity index (χ3v) is 6.26. The third-order valence-electron chi connectivity index (χ3n) is 6.26. The zero-order valence-electron chi connectivity index (χ0n) is 13.2. The van der Waals surface area contributed by atoms with Gasteiger partial charge in [-0.15, -0.1) is 0 Å². The monoisotopic (exact) mass is 337 g/mol. The average Bonchev–Trinajstić information content (AvgIpc) is 3.20. The van der Waals surface area contributed by atoms with Gasteiger partial charge in [-0.1, -0.05) is 12.2 Å². The van der Waals surface area contributed by atoms with Crippen molar-refractivity contribution in [2.75, 3.05) is 0 Å². The predicted molar refractivity (Wildman–Crippen MR) is 87.3 cm³/mol. The SMILES string of the molecule is O=C1[C@@H]2[C@@H](C(=O)N1/N=C\c1ccc([N+](=O)[O-])cc1)[C@H]1C=C[C@H]2C12CC2. The van der Waals surface area contributed by atoms with E-state index in [9.17, 15) is 19.7 Å². The molecule has 1 heterocycles. The number of carbonyl (C=O) groups is 2. The van der Waals surface area contributed by atoms with Gasteiger partial charge >= 0.3 is 0 Å². The molecule has 1 aromatic rings. The van der Waals surface area contributed by atoms with Crippen molar-refractivity contribution < 1.29 is 14.5 Å². The summed E-state index contributed by atoms with van der Waals surface area (Å²) in [7, 11) is 0. The van der Waals surface area contributed by atoms with Gasteiger partial charge in [-0.3, -0.25) is 19.7 Å². The van der Waals surface area contributed by atoms with Crippen LogP contribution in [0.3, 0.4) is 0 Å². The van der Waals surface area contributed by atoms with Crippen molar-refractivity contribution >= 4 is 23.7 Å². The van der Waals surface area contributed by atoms with Gasteiger partial charge in [-0.05, 0) is 47.8 Å². The Hall–Kier alpha value is -2.83. The molecule has 7 nitrogen and oxygen atoms in total. The lowest BCUT2D eigenvalue weighted by molar-refractivity contribution is -0.384. The maximum Gasteiger partial charge on any atom is 0.269 e.